The first-order valence-electron chi connectivity index (χ1n) is 9.40. The smallest absolute Gasteiger partial charge is 0.229 e. The highest BCUT2D eigenvalue weighted by Gasteiger charge is 2.45. The predicted molar refractivity (Wildman–Crippen MR) is 107 cm³/mol. The molecule has 2 aromatic carbocycles. The van der Waals surface area contributed by atoms with E-state index in [1.165, 1.54) is 24.3 Å². The van der Waals surface area contributed by atoms with Crippen LogP contribution in [0.2, 0.25) is 0 Å². The van der Waals surface area contributed by atoms with Crippen molar-refractivity contribution in [3.05, 3.63) is 47.5 Å². The lowest BCUT2D eigenvalue weighted by Crippen LogP contribution is -2.60. The summed E-state index contributed by atoms with van der Waals surface area (Å²) in [5.41, 5.74) is -0.0673. The lowest BCUT2D eigenvalue weighted by Gasteiger charge is -2.39. The predicted octanol–water partition coefficient (Wildman–Crippen LogP) is -0.416. The van der Waals surface area contributed by atoms with Gasteiger partial charge >= 0.3 is 0 Å². The first-order valence-corrected chi connectivity index (χ1v) is 9.40. The van der Waals surface area contributed by atoms with Gasteiger partial charge in [-0.15, -0.1) is 0 Å². The van der Waals surface area contributed by atoms with Crippen molar-refractivity contribution >= 4 is 11.9 Å². The molecule has 5 unspecified atom stereocenters. The third-order valence-electron chi connectivity index (χ3n) is 4.83. The number of aromatic hydroxyl groups is 4. The summed E-state index contributed by atoms with van der Waals surface area (Å²) >= 11 is 0. The summed E-state index contributed by atoms with van der Waals surface area (Å²) in [4.78, 5) is 12.7. The van der Waals surface area contributed by atoms with Gasteiger partial charge < -0.3 is 50.3 Å². The molecule has 0 bridgehead atoms. The number of ether oxygens (including phenoxy) is 2. The monoisotopic (exact) mass is 450 g/mol. The molecule has 11 nitrogen and oxygen atoms in total. The van der Waals surface area contributed by atoms with Gasteiger partial charge in [-0.2, -0.15) is 0 Å². The van der Waals surface area contributed by atoms with Crippen LogP contribution in [0.25, 0.3) is 6.08 Å². The molecule has 0 aromatic heterocycles. The minimum atomic E-state index is -1.78. The number of hydrogen-bond acceptors (Lipinski definition) is 11. The number of carbonyl (C=O) groups excluding carboxylic acids is 1. The summed E-state index contributed by atoms with van der Waals surface area (Å²) < 4.78 is 10.6. The van der Waals surface area contributed by atoms with Crippen LogP contribution >= 0.6 is 0 Å². The molecule has 1 fully saturated rings. The van der Waals surface area contributed by atoms with E-state index in [4.69, 9.17) is 9.47 Å². The van der Waals surface area contributed by atoms with Gasteiger partial charge in [0.25, 0.3) is 0 Å². The normalized spacial score (nSPS) is 25.7. The lowest BCUT2D eigenvalue weighted by molar-refractivity contribution is -0.277. The van der Waals surface area contributed by atoms with Crippen LogP contribution in [-0.2, 0) is 4.74 Å². The van der Waals surface area contributed by atoms with E-state index in [0.29, 0.717) is 5.56 Å². The number of aliphatic hydroxyl groups excluding tert-OH is 4. The van der Waals surface area contributed by atoms with Gasteiger partial charge in [0.05, 0.1) is 6.61 Å². The van der Waals surface area contributed by atoms with Crippen molar-refractivity contribution in [1.29, 1.82) is 0 Å². The lowest BCUT2D eigenvalue weighted by atomic mass is 9.99. The van der Waals surface area contributed by atoms with Crippen LogP contribution < -0.4 is 4.74 Å². The Balaban J connectivity index is 1.90. The Kier molecular flexibility index (Phi) is 6.87. The average molecular weight is 450 g/mol. The molecule has 172 valence electrons. The van der Waals surface area contributed by atoms with Gasteiger partial charge in [0.1, 0.15) is 47.2 Å². The molecule has 0 aliphatic carbocycles. The fourth-order valence-corrected chi connectivity index (χ4v) is 3.12. The molecule has 1 saturated heterocycles. The highest BCUT2D eigenvalue weighted by Crippen LogP contribution is 2.36. The molecule has 0 spiro atoms. The van der Waals surface area contributed by atoms with Gasteiger partial charge in [0, 0.05) is 12.1 Å². The topological polar surface area (TPSA) is 197 Å². The first kappa shape index (κ1) is 23.3. The van der Waals surface area contributed by atoms with Crippen molar-refractivity contribution in [3.63, 3.8) is 0 Å². The molecule has 1 aliphatic heterocycles. The summed E-state index contributed by atoms with van der Waals surface area (Å²) in [7, 11) is 0. The van der Waals surface area contributed by atoms with Gasteiger partial charge in [-0.1, -0.05) is 12.1 Å². The number of aliphatic hydroxyl groups is 4. The molecule has 32 heavy (non-hydrogen) atoms. The van der Waals surface area contributed by atoms with Crippen LogP contribution in [0, 0.1) is 0 Å². The van der Waals surface area contributed by atoms with Gasteiger partial charge in [-0.3, -0.25) is 4.79 Å². The van der Waals surface area contributed by atoms with Crippen molar-refractivity contribution in [2.24, 2.45) is 0 Å². The van der Waals surface area contributed by atoms with Gasteiger partial charge in [0.15, 0.2) is 17.3 Å². The van der Waals surface area contributed by atoms with E-state index in [1.54, 1.807) is 0 Å². The van der Waals surface area contributed by atoms with Crippen molar-refractivity contribution in [1.82, 2.24) is 0 Å². The molecule has 1 heterocycles. The zero-order valence-corrected chi connectivity index (χ0v) is 16.4. The fraction of sp³-hybridized carbons (Fsp3) is 0.286. The zero-order chi connectivity index (χ0) is 23.6. The molecule has 5 atom stereocenters. The molecule has 8 N–H and O–H groups in total. The summed E-state index contributed by atoms with van der Waals surface area (Å²) in [6, 6.07) is 5.68. The summed E-state index contributed by atoms with van der Waals surface area (Å²) in [6.07, 6.45) is -5.77. The number of phenols is 4. The van der Waals surface area contributed by atoms with Crippen molar-refractivity contribution < 1.29 is 55.1 Å². The van der Waals surface area contributed by atoms with E-state index in [0.717, 1.165) is 18.2 Å². The van der Waals surface area contributed by atoms with Crippen LogP contribution in [0.3, 0.4) is 0 Å². The molecule has 2 aromatic rings. The van der Waals surface area contributed by atoms with Crippen LogP contribution in [0.1, 0.15) is 15.9 Å². The number of ketones is 1. The van der Waals surface area contributed by atoms with E-state index in [2.05, 4.69) is 0 Å². The van der Waals surface area contributed by atoms with Crippen molar-refractivity contribution in [2.75, 3.05) is 6.61 Å². The number of rotatable bonds is 6. The minimum Gasteiger partial charge on any atom is -0.508 e. The van der Waals surface area contributed by atoms with Crippen LogP contribution in [-0.4, -0.2) is 83.9 Å². The second-order valence-corrected chi connectivity index (χ2v) is 7.10. The van der Waals surface area contributed by atoms with Crippen LogP contribution in [0.15, 0.2) is 36.4 Å². The zero-order valence-electron chi connectivity index (χ0n) is 16.4. The maximum Gasteiger partial charge on any atom is 0.229 e. The molecule has 0 saturated carbocycles. The summed E-state index contributed by atoms with van der Waals surface area (Å²) in [5.74, 6) is -3.10. The number of allylic oxidation sites excluding steroid dienone is 1. The Hall–Kier alpha value is -3.35. The van der Waals surface area contributed by atoms with Crippen molar-refractivity contribution in [2.45, 2.75) is 30.7 Å². The quantitative estimate of drug-likeness (QED) is 0.162. The number of hydrogen-bond donors (Lipinski definition) is 8. The van der Waals surface area contributed by atoms with Crippen molar-refractivity contribution in [3.8, 4) is 28.7 Å². The number of carbonyl (C=O) groups is 1. The second-order valence-electron chi connectivity index (χ2n) is 7.10. The third kappa shape index (κ3) is 4.77. The van der Waals surface area contributed by atoms with E-state index < -0.39 is 71.7 Å². The molecule has 11 heteroatoms. The molecule has 1 aliphatic rings. The van der Waals surface area contributed by atoms with Gasteiger partial charge in [-0.25, -0.2) is 0 Å². The standard InChI is InChI=1S/C21H22O11/c22-8-16-18(28)19(29)20(30)21(32-16)31-15-7-10(23)6-14(27)17(15)12(25)4-2-9-1-3-11(24)13(26)5-9/h1-7,16,18-24,26-30H,8H2/b4-2+. The first-order chi connectivity index (χ1) is 15.1. The molecule has 3 rings (SSSR count). The summed E-state index contributed by atoms with van der Waals surface area (Å²) in [5, 5.41) is 78.1. The summed E-state index contributed by atoms with van der Waals surface area (Å²) in [6.45, 7) is -0.704. The Morgan fingerprint density at radius 1 is 0.938 bits per heavy atom. The maximum atomic E-state index is 12.7. The van der Waals surface area contributed by atoms with Crippen LogP contribution in [0.5, 0.6) is 28.7 Å². The number of phenolic OH excluding ortho intramolecular Hbond substituents is 4. The van der Waals surface area contributed by atoms with Crippen LogP contribution in [0.4, 0.5) is 0 Å². The Bertz CT molecular complexity index is 1020. The molecule has 0 radical (unpaired) electrons. The third-order valence-corrected chi connectivity index (χ3v) is 4.83. The largest absolute Gasteiger partial charge is 0.508 e. The molecular weight excluding hydrogens is 428 g/mol. The Labute approximate surface area is 181 Å². The molecular formula is C21H22O11. The Morgan fingerprint density at radius 2 is 1.66 bits per heavy atom. The Morgan fingerprint density at radius 3 is 2.31 bits per heavy atom. The van der Waals surface area contributed by atoms with E-state index in [9.17, 15) is 45.6 Å². The SMILES string of the molecule is O=C(/C=C/c1ccc(O)c(O)c1)c1c(O)cc(O)cc1OC1OC(CO)C(O)C(O)C1O. The highest BCUT2D eigenvalue weighted by molar-refractivity contribution is 6.10. The van der Waals surface area contributed by atoms with Gasteiger partial charge in [-0.05, 0) is 23.8 Å². The minimum absolute atomic E-state index is 0.347. The molecule has 0 amide bonds. The van der Waals surface area contributed by atoms with E-state index >= 15 is 0 Å². The average Bonchev–Trinajstić information content (AvgIpc) is 2.74. The highest BCUT2D eigenvalue weighted by atomic mass is 16.7. The van der Waals surface area contributed by atoms with Gasteiger partial charge in [0.2, 0.25) is 6.29 Å². The maximum absolute atomic E-state index is 12.7. The van der Waals surface area contributed by atoms with E-state index in [1.807, 2.05) is 0 Å². The second kappa shape index (κ2) is 9.42. The number of benzene rings is 2. The van der Waals surface area contributed by atoms with E-state index in [-0.39, 0.29) is 5.75 Å². The fourth-order valence-electron chi connectivity index (χ4n) is 3.12.